The second-order valence-corrected chi connectivity index (χ2v) is 4.70. The van der Waals surface area contributed by atoms with E-state index >= 15 is 0 Å². The first-order chi connectivity index (χ1) is 8.34. The zero-order chi connectivity index (χ0) is 13.9. The molecular formula is C14H19NO3. The van der Waals surface area contributed by atoms with E-state index in [0.717, 1.165) is 0 Å². The van der Waals surface area contributed by atoms with E-state index < -0.39 is 17.8 Å². The van der Waals surface area contributed by atoms with Gasteiger partial charge in [0.25, 0.3) is 0 Å². The molecule has 4 heteroatoms. The summed E-state index contributed by atoms with van der Waals surface area (Å²) in [4.78, 5) is 24.0. The molecule has 98 valence electrons. The quantitative estimate of drug-likeness (QED) is 0.834. The Morgan fingerprint density at radius 1 is 1.11 bits per heavy atom. The van der Waals surface area contributed by atoms with Crippen molar-refractivity contribution >= 4 is 17.6 Å². The molecule has 0 aromatic heterocycles. The number of hydrogen-bond acceptors (Lipinski definition) is 2. The number of carboxylic acid groups (broad SMARTS) is 1. The van der Waals surface area contributed by atoms with Gasteiger partial charge in [-0.2, -0.15) is 0 Å². The van der Waals surface area contributed by atoms with Crippen LogP contribution in [0.15, 0.2) is 24.3 Å². The topological polar surface area (TPSA) is 57.6 Å². The number of rotatable bonds is 4. The molecule has 0 bridgehead atoms. The number of hydrogen-bond donors (Lipinski definition) is 1. The zero-order valence-electron chi connectivity index (χ0n) is 11.2. The van der Waals surface area contributed by atoms with Gasteiger partial charge < -0.3 is 10.0 Å². The number of carbonyl (C=O) groups excluding carboxylic acids is 1. The zero-order valence-corrected chi connectivity index (χ0v) is 11.2. The van der Waals surface area contributed by atoms with E-state index in [0.29, 0.717) is 11.6 Å². The maximum atomic E-state index is 11.8. The van der Waals surface area contributed by atoms with Crippen molar-refractivity contribution in [2.45, 2.75) is 26.7 Å². The summed E-state index contributed by atoms with van der Waals surface area (Å²) >= 11 is 0. The van der Waals surface area contributed by atoms with Gasteiger partial charge in [-0.15, -0.1) is 0 Å². The number of benzene rings is 1. The van der Waals surface area contributed by atoms with Crippen LogP contribution in [0.25, 0.3) is 0 Å². The lowest BCUT2D eigenvalue weighted by atomic mass is 10.0. The first-order valence-corrected chi connectivity index (χ1v) is 5.95. The lowest BCUT2D eigenvalue weighted by Crippen LogP contribution is -2.35. The van der Waals surface area contributed by atoms with Crippen molar-refractivity contribution in [2.75, 3.05) is 11.9 Å². The molecule has 0 aliphatic heterocycles. The molecule has 4 nitrogen and oxygen atoms in total. The molecule has 0 heterocycles. The molecule has 1 rings (SSSR count). The van der Waals surface area contributed by atoms with Crippen LogP contribution in [-0.2, 0) is 9.59 Å². The van der Waals surface area contributed by atoms with Crippen LogP contribution in [0, 0.1) is 5.92 Å². The summed E-state index contributed by atoms with van der Waals surface area (Å²) in [6.45, 7) is 5.58. The Kier molecular flexibility index (Phi) is 4.48. The van der Waals surface area contributed by atoms with Crippen LogP contribution in [0.2, 0.25) is 0 Å². The summed E-state index contributed by atoms with van der Waals surface area (Å²) in [5, 5.41) is 8.82. The minimum absolute atomic E-state index is 0.417. The van der Waals surface area contributed by atoms with Gasteiger partial charge in [-0.25, -0.2) is 0 Å². The second-order valence-electron chi connectivity index (χ2n) is 4.70. The van der Waals surface area contributed by atoms with Crippen LogP contribution < -0.4 is 4.90 Å². The molecule has 1 N–H and O–H groups in total. The number of anilines is 1. The molecule has 0 spiro atoms. The summed E-state index contributed by atoms with van der Waals surface area (Å²) in [5.74, 6) is -2.12. The molecule has 0 aliphatic rings. The van der Waals surface area contributed by atoms with Gasteiger partial charge >= 0.3 is 5.97 Å². The molecule has 1 aromatic carbocycles. The standard InChI is InChI=1S/C14H19NO3/c1-9(2)11-5-7-12(8-6-11)15(4)13(16)10(3)14(17)18/h5-10H,1-4H3,(H,17,18). The summed E-state index contributed by atoms with van der Waals surface area (Å²) in [5.41, 5.74) is 1.89. The van der Waals surface area contributed by atoms with E-state index in [2.05, 4.69) is 13.8 Å². The molecular weight excluding hydrogens is 230 g/mol. The number of carboxylic acids is 1. The van der Waals surface area contributed by atoms with Crippen molar-refractivity contribution in [1.29, 1.82) is 0 Å². The van der Waals surface area contributed by atoms with Gasteiger partial charge in [0.15, 0.2) is 0 Å². The fraction of sp³-hybridized carbons (Fsp3) is 0.429. The van der Waals surface area contributed by atoms with Crippen molar-refractivity contribution in [1.82, 2.24) is 0 Å². The van der Waals surface area contributed by atoms with Crippen molar-refractivity contribution in [2.24, 2.45) is 5.92 Å². The number of aliphatic carboxylic acids is 1. The van der Waals surface area contributed by atoms with E-state index in [4.69, 9.17) is 5.11 Å². The predicted octanol–water partition coefficient (Wildman–Crippen LogP) is 2.49. The van der Waals surface area contributed by atoms with Gasteiger partial charge in [-0.1, -0.05) is 26.0 Å². The van der Waals surface area contributed by atoms with Crippen molar-refractivity contribution < 1.29 is 14.7 Å². The number of amides is 1. The van der Waals surface area contributed by atoms with Gasteiger partial charge in [0.1, 0.15) is 5.92 Å². The monoisotopic (exact) mass is 249 g/mol. The molecule has 1 unspecified atom stereocenters. The Balaban J connectivity index is 2.87. The van der Waals surface area contributed by atoms with Crippen LogP contribution in [-0.4, -0.2) is 24.0 Å². The maximum Gasteiger partial charge on any atom is 0.315 e. The average molecular weight is 249 g/mol. The van der Waals surface area contributed by atoms with Crippen LogP contribution >= 0.6 is 0 Å². The van der Waals surface area contributed by atoms with Crippen LogP contribution in [0.1, 0.15) is 32.3 Å². The average Bonchev–Trinajstić information content (AvgIpc) is 2.36. The molecule has 1 atom stereocenters. The molecule has 1 amide bonds. The largest absolute Gasteiger partial charge is 0.481 e. The first kappa shape index (κ1) is 14.2. The minimum atomic E-state index is -1.11. The fourth-order valence-corrected chi connectivity index (χ4v) is 1.61. The van der Waals surface area contributed by atoms with E-state index in [1.54, 1.807) is 7.05 Å². The van der Waals surface area contributed by atoms with E-state index in [9.17, 15) is 9.59 Å². The van der Waals surface area contributed by atoms with Crippen molar-refractivity contribution in [3.8, 4) is 0 Å². The predicted molar refractivity (Wildman–Crippen MR) is 70.7 cm³/mol. The third-order valence-corrected chi connectivity index (χ3v) is 3.02. The Morgan fingerprint density at radius 3 is 2.00 bits per heavy atom. The van der Waals surface area contributed by atoms with E-state index in [-0.39, 0.29) is 0 Å². The van der Waals surface area contributed by atoms with E-state index in [1.165, 1.54) is 17.4 Å². The van der Waals surface area contributed by atoms with Crippen LogP contribution in [0.5, 0.6) is 0 Å². The highest BCUT2D eigenvalue weighted by molar-refractivity contribution is 6.05. The fourth-order valence-electron chi connectivity index (χ4n) is 1.61. The Hall–Kier alpha value is -1.84. The Bertz CT molecular complexity index is 437. The maximum absolute atomic E-state index is 11.8. The molecule has 18 heavy (non-hydrogen) atoms. The Morgan fingerprint density at radius 2 is 1.61 bits per heavy atom. The van der Waals surface area contributed by atoms with Crippen molar-refractivity contribution in [3.05, 3.63) is 29.8 Å². The molecule has 0 aliphatic carbocycles. The van der Waals surface area contributed by atoms with Gasteiger partial charge in [-0.05, 0) is 30.5 Å². The van der Waals surface area contributed by atoms with Crippen LogP contribution in [0.4, 0.5) is 5.69 Å². The lowest BCUT2D eigenvalue weighted by Gasteiger charge is -2.20. The highest BCUT2D eigenvalue weighted by atomic mass is 16.4. The normalized spacial score (nSPS) is 12.3. The number of carbonyl (C=O) groups is 2. The van der Waals surface area contributed by atoms with Gasteiger partial charge in [-0.3, -0.25) is 9.59 Å². The Labute approximate surface area is 107 Å². The summed E-state index contributed by atoms with van der Waals surface area (Å²) in [6, 6.07) is 7.58. The summed E-state index contributed by atoms with van der Waals surface area (Å²) < 4.78 is 0. The smallest absolute Gasteiger partial charge is 0.315 e. The lowest BCUT2D eigenvalue weighted by molar-refractivity contribution is -0.145. The third kappa shape index (κ3) is 3.09. The second kappa shape index (κ2) is 5.67. The molecule has 0 radical (unpaired) electrons. The van der Waals surface area contributed by atoms with Crippen LogP contribution in [0.3, 0.4) is 0 Å². The van der Waals surface area contributed by atoms with Gasteiger partial charge in [0.05, 0.1) is 0 Å². The first-order valence-electron chi connectivity index (χ1n) is 5.95. The van der Waals surface area contributed by atoms with Gasteiger partial charge in [0.2, 0.25) is 5.91 Å². The molecule has 0 fully saturated rings. The summed E-state index contributed by atoms with van der Waals surface area (Å²) in [6.07, 6.45) is 0. The highest BCUT2D eigenvalue weighted by Crippen LogP contribution is 2.20. The molecule has 1 aromatic rings. The highest BCUT2D eigenvalue weighted by Gasteiger charge is 2.24. The molecule has 0 saturated heterocycles. The van der Waals surface area contributed by atoms with Crippen molar-refractivity contribution in [3.63, 3.8) is 0 Å². The SMILES string of the molecule is CC(C(=O)O)C(=O)N(C)c1ccc(C(C)C)cc1. The third-order valence-electron chi connectivity index (χ3n) is 3.02. The summed E-state index contributed by atoms with van der Waals surface area (Å²) in [7, 11) is 1.59. The number of nitrogens with zero attached hydrogens (tertiary/aromatic N) is 1. The van der Waals surface area contributed by atoms with Gasteiger partial charge in [0, 0.05) is 12.7 Å². The van der Waals surface area contributed by atoms with E-state index in [1.807, 2.05) is 24.3 Å². The minimum Gasteiger partial charge on any atom is -0.481 e. The molecule has 0 saturated carbocycles.